The number of esters is 1. The van der Waals surface area contributed by atoms with E-state index in [1.54, 1.807) is 43.3 Å². The van der Waals surface area contributed by atoms with Crippen molar-refractivity contribution >= 4 is 40.8 Å². The molecule has 3 rings (SSSR count). The van der Waals surface area contributed by atoms with E-state index < -0.39 is 11.9 Å². The first-order chi connectivity index (χ1) is 13.9. The molecule has 29 heavy (non-hydrogen) atoms. The Morgan fingerprint density at radius 3 is 2.38 bits per heavy atom. The standard InChI is InChI=1S/C22H17Cl2NO4/c1-2-29-22(28)18-9-5-14(17-10-6-15(23)12-19(17)24)11-20(18)25-21(27)13-3-7-16(26)8-4-13/h3-12,26H,2H2,1H3,(H,25,27). The molecular weight excluding hydrogens is 413 g/mol. The Morgan fingerprint density at radius 2 is 1.72 bits per heavy atom. The maximum Gasteiger partial charge on any atom is 0.340 e. The molecule has 0 bridgehead atoms. The summed E-state index contributed by atoms with van der Waals surface area (Å²) in [5, 5.41) is 13.1. The van der Waals surface area contributed by atoms with Crippen LogP contribution in [0, 0.1) is 0 Å². The summed E-state index contributed by atoms with van der Waals surface area (Å²) in [4.78, 5) is 25.0. The van der Waals surface area contributed by atoms with E-state index in [-0.39, 0.29) is 23.6 Å². The molecule has 5 nitrogen and oxygen atoms in total. The molecular formula is C22H17Cl2NO4. The van der Waals surface area contributed by atoms with Crippen molar-refractivity contribution in [3.8, 4) is 16.9 Å². The molecule has 0 heterocycles. The number of benzene rings is 3. The van der Waals surface area contributed by atoms with Crippen molar-refractivity contribution in [2.24, 2.45) is 0 Å². The Hall–Kier alpha value is -3.02. The van der Waals surface area contributed by atoms with Crippen LogP contribution < -0.4 is 5.32 Å². The predicted molar refractivity (Wildman–Crippen MR) is 114 cm³/mol. The highest BCUT2D eigenvalue weighted by molar-refractivity contribution is 6.36. The number of phenolic OH excluding ortho intramolecular Hbond substituents is 1. The van der Waals surface area contributed by atoms with Gasteiger partial charge < -0.3 is 15.2 Å². The zero-order chi connectivity index (χ0) is 21.0. The highest BCUT2D eigenvalue weighted by Gasteiger charge is 2.17. The topological polar surface area (TPSA) is 75.6 Å². The van der Waals surface area contributed by atoms with Gasteiger partial charge in [0.2, 0.25) is 0 Å². The van der Waals surface area contributed by atoms with Crippen molar-refractivity contribution in [2.45, 2.75) is 6.92 Å². The Balaban J connectivity index is 2.02. The first kappa shape index (κ1) is 20.7. The summed E-state index contributed by atoms with van der Waals surface area (Å²) in [5.41, 5.74) is 2.22. The predicted octanol–water partition coefficient (Wildman–Crippen LogP) is 5.80. The van der Waals surface area contributed by atoms with Gasteiger partial charge in [0.25, 0.3) is 5.91 Å². The Kier molecular flexibility index (Phi) is 6.42. The molecule has 1 amide bonds. The summed E-state index contributed by atoms with van der Waals surface area (Å²) in [6.45, 7) is 1.91. The van der Waals surface area contributed by atoms with Gasteiger partial charge in [-0.05, 0) is 61.0 Å². The average Bonchev–Trinajstić information content (AvgIpc) is 2.68. The highest BCUT2D eigenvalue weighted by Crippen LogP contribution is 2.33. The van der Waals surface area contributed by atoms with Gasteiger partial charge in [-0.15, -0.1) is 0 Å². The number of nitrogens with one attached hydrogen (secondary N) is 1. The number of anilines is 1. The summed E-state index contributed by atoms with van der Waals surface area (Å²) >= 11 is 12.3. The van der Waals surface area contributed by atoms with Gasteiger partial charge in [-0.25, -0.2) is 4.79 Å². The zero-order valence-electron chi connectivity index (χ0n) is 15.4. The van der Waals surface area contributed by atoms with E-state index in [1.165, 1.54) is 24.3 Å². The lowest BCUT2D eigenvalue weighted by Crippen LogP contribution is -2.16. The van der Waals surface area contributed by atoms with Gasteiger partial charge in [-0.3, -0.25) is 4.79 Å². The van der Waals surface area contributed by atoms with Crippen LogP contribution in [-0.2, 0) is 4.74 Å². The van der Waals surface area contributed by atoms with E-state index in [2.05, 4.69) is 5.32 Å². The molecule has 0 aromatic heterocycles. The summed E-state index contributed by atoms with van der Waals surface area (Å²) in [5.74, 6) is -0.940. The van der Waals surface area contributed by atoms with E-state index in [0.717, 1.165) is 0 Å². The number of rotatable bonds is 5. The number of aromatic hydroxyl groups is 1. The van der Waals surface area contributed by atoms with Crippen molar-refractivity contribution in [1.29, 1.82) is 0 Å². The number of ether oxygens (including phenoxy) is 1. The molecule has 0 unspecified atom stereocenters. The second kappa shape index (κ2) is 8.99. The van der Waals surface area contributed by atoms with E-state index in [0.29, 0.717) is 26.7 Å². The molecule has 3 aromatic rings. The van der Waals surface area contributed by atoms with Gasteiger partial charge in [-0.1, -0.05) is 35.3 Å². The molecule has 0 aliphatic heterocycles. The monoisotopic (exact) mass is 429 g/mol. The van der Waals surface area contributed by atoms with E-state index in [9.17, 15) is 14.7 Å². The summed E-state index contributed by atoms with van der Waals surface area (Å²) in [6.07, 6.45) is 0. The van der Waals surface area contributed by atoms with E-state index >= 15 is 0 Å². The lowest BCUT2D eigenvalue weighted by atomic mass is 10.0. The van der Waals surface area contributed by atoms with Crippen LogP contribution in [-0.4, -0.2) is 23.6 Å². The number of hydrogen-bond acceptors (Lipinski definition) is 4. The Labute approximate surface area is 177 Å². The number of amides is 1. The number of halogens is 2. The molecule has 0 aliphatic carbocycles. The summed E-state index contributed by atoms with van der Waals surface area (Å²) < 4.78 is 5.09. The number of phenols is 1. The first-order valence-corrected chi connectivity index (χ1v) is 9.51. The van der Waals surface area contributed by atoms with Crippen LogP contribution in [0.15, 0.2) is 60.7 Å². The number of hydrogen-bond donors (Lipinski definition) is 2. The molecule has 0 radical (unpaired) electrons. The molecule has 0 atom stereocenters. The molecule has 0 aliphatic rings. The summed E-state index contributed by atoms with van der Waals surface area (Å²) in [7, 11) is 0. The SMILES string of the molecule is CCOC(=O)c1ccc(-c2ccc(Cl)cc2Cl)cc1NC(=O)c1ccc(O)cc1. The van der Waals surface area contributed by atoms with Crippen LogP contribution in [0.1, 0.15) is 27.6 Å². The van der Waals surface area contributed by atoms with Crippen molar-refractivity contribution in [3.63, 3.8) is 0 Å². The second-order valence-corrected chi connectivity index (χ2v) is 6.95. The van der Waals surface area contributed by atoms with Gasteiger partial charge >= 0.3 is 5.97 Å². The van der Waals surface area contributed by atoms with Gasteiger partial charge in [0, 0.05) is 21.2 Å². The minimum Gasteiger partial charge on any atom is -0.508 e. The lowest BCUT2D eigenvalue weighted by Gasteiger charge is -2.13. The van der Waals surface area contributed by atoms with Crippen LogP contribution in [0.4, 0.5) is 5.69 Å². The van der Waals surface area contributed by atoms with Crippen LogP contribution in [0.25, 0.3) is 11.1 Å². The Morgan fingerprint density at radius 1 is 1.00 bits per heavy atom. The fraction of sp³-hybridized carbons (Fsp3) is 0.0909. The van der Waals surface area contributed by atoms with Crippen LogP contribution >= 0.6 is 23.2 Å². The summed E-state index contributed by atoms with van der Waals surface area (Å²) in [6, 6.07) is 15.8. The van der Waals surface area contributed by atoms with Gasteiger partial charge in [-0.2, -0.15) is 0 Å². The molecule has 148 valence electrons. The smallest absolute Gasteiger partial charge is 0.340 e. The van der Waals surface area contributed by atoms with E-state index in [1.807, 2.05) is 0 Å². The van der Waals surface area contributed by atoms with Gasteiger partial charge in [0.1, 0.15) is 5.75 Å². The maximum atomic E-state index is 12.6. The maximum absolute atomic E-state index is 12.6. The number of carbonyl (C=O) groups is 2. The van der Waals surface area contributed by atoms with Crippen molar-refractivity contribution in [1.82, 2.24) is 0 Å². The third-order valence-electron chi connectivity index (χ3n) is 4.13. The van der Waals surface area contributed by atoms with Gasteiger partial charge in [0.05, 0.1) is 17.9 Å². The second-order valence-electron chi connectivity index (χ2n) is 6.11. The quantitative estimate of drug-likeness (QED) is 0.502. The molecule has 2 N–H and O–H groups in total. The molecule has 0 spiro atoms. The molecule has 7 heteroatoms. The van der Waals surface area contributed by atoms with Crippen LogP contribution in [0.3, 0.4) is 0 Å². The Bertz CT molecular complexity index is 1060. The third-order valence-corrected chi connectivity index (χ3v) is 4.68. The molecule has 0 saturated carbocycles. The normalized spacial score (nSPS) is 10.4. The minimum atomic E-state index is -0.553. The number of carbonyl (C=O) groups excluding carboxylic acids is 2. The van der Waals surface area contributed by atoms with Crippen molar-refractivity contribution in [3.05, 3.63) is 81.8 Å². The molecule has 3 aromatic carbocycles. The molecule has 0 fully saturated rings. The first-order valence-electron chi connectivity index (χ1n) is 8.76. The van der Waals surface area contributed by atoms with Crippen molar-refractivity contribution < 1.29 is 19.4 Å². The fourth-order valence-corrected chi connectivity index (χ4v) is 3.25. The van der Waals surface area contributed by atoms with Gasteiger partial charge in [0.15, 0.2) is 0 Å². The minimum absolute atomic E-state index is 0.0492. The lowest BCUT2D eigenvalue weighted by molar-refractivity contribution is 0.0527. The zero-order valence-corrected chi connectivity index (χ0v) is 16.9. The third kappa shape index (κ3) is 4.88. The van der Waals surface area contributed by atoms with E-state index in [4.69, 9.17) is 27.9 Å². The van der Waals surface area contributed by atoms with Crippen LogP contribution in [0.5, 0.6) is 5.75 Å². The largest absolute Gasteiger partial charge is 0.508 e. The van der Waals surface area contributed by atoms with Crippen LogP contribution in [0.2, 0.25) is 10.0 Å². The van der Waals surface area contributed by atoms with Crippen molar-refractivity contribution in [2.75, 3.05) is 11.9 Å². The fourth-order valence-electron chi connectivity index (χ4n) is 2.73. The highest BCUT2D eigenvalue weighted by atomic mass is 35.5. The molecule has 0 saturated heterocycles. The average molecular weight is 430 g/mol.